The molecule has 0 spiro atoms. The summed E-state index contributed by atoms with van der Waals surface area (Å²) in [5, 5.41) is 33.1. The number of nitrogens with zero attached hydrogens (tertiary/aromatic N) is 6. The van der Waals surface area contributed by atoms with E-state index in [0.29, 0.717) is 34.8 Å². The molecule has 36 heavy (non-hydrogen) atoms. The Morgan fingerprint density at radius 2 is 2.00 bits per heavy atom. The number of fused-ring (bicyclic) bond motifs is 3. The lowest BCUT2D eigenvalue weighted by molar-refractivity contribution is 0.0578. The maximum Gasteiger partial charge on any atom is 0.413 e. The lowest BCUT2D eigenvalue weighted by Crippen LogP contribution is -2.31. The number of amides is 1. The predicted molar refractivity (Wildman–Crippen MR) is 125 cm³/mol. The van der Waals surface area contributed by atoms with E-state index < -0.39 is 17.5 Å². The molecule has 2 aliphatic rings. The molecule has 12 heteroatoms. The van der Waals surface area contributed by atoms with Gasteiger partial charge in [-0.25, -0.2) is 9.18 Å². The van der Waals surface area contributed by atoms with Gasteiger partial charge in [0.05, 0.1) is 49.1 Å². The summed E-state index contributed by atoms with van der Waals surface area (Å²) in [6, 6.07) is 6.30. The molecule has 0 unspecified atom stereocenters. The van der Waals surface area contributed by atoms with E-state index >= 15 is 0 Å². The quantitative estimate of drug-likeness (QED) is 0.445. The Kier molecular flexibility index (Phi) is 4.90. The summed E-state index contributed by atoms with van der Waals surface area (Å²) < 4.78 is 30.0. The third-order valence-electron chi connectivity index (χ3n) is 6.33. The highest BCUT2D eigenvalue weighted by Crippen LogP contribution is 2.43. The molecular weight excluding hydrogens is 471 g/mol. The monoisotopic (exact) mass is 494 g/mol. The summed E-state index contributed by atoms with van der Waals surface area (Å²) in [7, 11) is 0. The van der Waals surface area contributed by atoms with Gasteiger partial charge in [0.1, 0.15) is 17.9 Å². The van der Waals surface area contributed by atoms with Crippen LogP contribution in [0.15, 0.2) is 36.8 Å². The van der Waals surface area contributed by atoms with Crippen LogP contribution in [0, 0.1) is 5.82 Å². The third-order valence-corrected chi connectivity index (χ3v) is 6.33. The van der Waals surface area contributed by atoms with E-state index in [4.69, 9.17) is 9.47 Å². The molecular formula is C24H23FN6O5. The molecule has 3 aromatic heterocycles. The first-order chi connectivity index (χ1) is 17.2. The van der Waals surface area contributed by atoms with Crippen LogP contribution in [0.5, 0.6) is 11.5 Å². The van der Waals surface area contributed by atoms with Crippen molar-refractivity contribution in [2.75, 3.05) is 18.1 Å². The summed E-state index contributed by atoms with van der Waals surface area (Å²) in [5.41, 5.74) is 1.39. The van der Waals surface area contributed by atoms with Gasteiger partial charge in [0.25, 0.3) is 0 Å². The fourth-order valence-electron chi connectivity index (χ4n) is 4.84. The number of carbonyl (C=O) groups is 1. The maximum absolute atomic E-state index is 15.0. The van der Waals surface area contributed by atoms with E-state index in [1.165, 1.54) is 16.8 Å². The molecule has 5 heterocycles. The van der Waals surface area contributed by atoms with E-state index in [1.807, 2.05) is 0 Å². The smallest absolute Gasteiger partial charge is 0.413 e. The van der Waals surface area contributed by atoms with E-state index in [1.54, 1.807) is 42.9 Å². The van der Waals surface area contributed by atoms with Crippen molar-refractivity contribution in [3.8, 4) is 22.8 Å². The number of pyridine rings is 1. The first-order valence-electron chi connectivity index (χ1n) is 11.4. The van der Waals surface area contributed by atoms with Crippen LogP contribution in [0.1, 0.15) is 30.9 Å². The van der Waals surface area contributed by atoms with Crippen molar-refractivity contribution in [3.05, 3.63) is 53.7 Å². The highest BCUT2D eigenvalue weighted by Gasteiger charge is 2.35. The molecule has 0 radical (unpaired) electrons. The second-order valence-electron chi connectivity index (χ2n) is 9.61. The van der Waals surface area contributed by atoms with Gasteiger partial charge in [0.2, 0.25) is 0 Å². The molecule has 4 aromatic rings. The molecule has 186 valence electrons. The summed E-state index contributed by atoms with van der Waals surface area (Å²) >= 11 is 0. The Morgan fingerprint density at radius 3 is 2.75 bits per heavy atom. The van der Waals surface area contributed by atoms with Gasteiger partial charge in [-0.1, -0.05) is 0 Å². The number of ether oxygens (including phenoxy) is 2. The van der Waals surface area contributed by atoms with Crippen molar-refractivity contribution in [2.45, 2.75) is 38.5 Å². The minimum absolute atomic E-state index is 0.157. The molecule has 2 N–H and O–H groups in total. The number of rotatable bonds is 3. The molecule has 11 nitrogen and oxygen atoms in total. The first-order valence-corrected chi connectivity index (χ1v) is 11.4. The van der Waals surface area contributed by atoms with Crippen molar-refractivity contribution < 1.29 is 28.9 Å². The average Bonchev–Trinajstić information content (AvgIpc) is 3.55. The van der Waals surface area contributed by atoms with Crippen molar-refractivity contribution in [2.24, 2.45) is 0 Å². The maximum atomic E-state index is 15.0. The fraction of sp³-hybridized carbons (Fsp3) is 0.333. The summed E-state index contributed by atoms with van der Waals surface area (Å²) in [4.78, 5) is 13.5. The number of halogens is 1. The molecule has 1 atom stereocenters. The van der Waals surface area contributed by atoms with Crippen LogP contribution in [-0.4, -0.2) is 59.5 Å². The van der Waals surface area contributed by atoms with Crippen LogP contribution in [0.4, 0.5) is 15.0 Å². The molecule has 0 aliphatic carbocycles. The number of aromatic nitrogens is 5. The second kappa shape index (κ2) is 7.92. The fourth-order valence-corrected chi connectivity index (χ4v) is 4.84. The SMILES string of the molecule is CC(C)(O)Cn1ccc(-c2cc3c(n4cnnc24)N(C(=O)O)Cc2c(F)ccc4c2[C@@H](CO4)CO3)n1. The van der Waals surface area contributed by atoms with Crippen LogP contribution in [0.3, 0.4) is 0 Å². The molecule has 0 bridgehead atoms. The molecule has 1 amide bonds. The molecule has 6 rings (SSSR count). The molecule has 0 saturated carbocycles. The first kappa shape index (κ1) is 22.3. The second-order valence-corrected chi connectivity index (χ2v) is 9.61. The van der Waals surface area contributed by atoms with Gasteiger partial charge < -0.3 is 19.7 Å². The van der Waals surface area contributed by atoms with Crippen LogP contribution < -0.4 is 14.4 Å². The third kappa shape index (κ3) is 3.61. The Labute approximate surface area is 204 Å². The van der Waals surface area contributed by atoms with Gasteiger partial charge in [0, 0.05) is 17.3 Å². The summed E-state index contributed by atoms with van der Waals surface area (Å²) in [6.07, 6.45) is 1.85. The van der Waals surface area contributed by atoms with E-state index in [2.05, 4.69) is 15.3 Å². The minimum atomic E-state index is -1.29. The Morgan fingerprint density at radius 1 is 1.22 bits per heavy atom. The Hall–Kier alpha value is -4.19. The van der Waals surface area contributed by atoms with E-state index in [0.717, 1.165) is 4.90 Å². The normalized spacial score (nSPS) is 17.0. The molecule has 1 aromatic carbocycles. The zero-order valence-corrected chi connectivity index (χ0v) is 19.6. The van der Waals surface area contributed by atoms with Gasteiger partial charge in [0.15, 0.2) is 17.2 Å². The zero-order valence-electron chi connectivity index (χ0n) is 19.6. The van der Waals surface area contributed by atoms with Gasteiger partial charge >= 0.3 is 6.09 Å². The van der Waals surface area contributed by atoms with Gasteiger partial charge in [-0.05, 0) is 38.1 Å². The van der Waals surface area contributed by atoms with Gasteiger partial charge in [-0.2, -0.15) is 5.10 Å². The number of anilines is 1. The topological polar surface area (TPSA) is 127 Å². The minimum Gasteiger partial charge on any atom is -0.493 e. The van der Waals surface area contributed by atoms with Crippen molar-refractivity contribution in [1.82, 2.24) is 24.4 Å². The summed E-state index contributed by atoms with van der Waals surface area (Å²) in [5.74, 6) is 0.188. The Bertz CT molecular complexity index is 1510. The Balaban J connectivity index is 1.53. The largest absolute Gasteiger partial charge is 0.493 e. The van der Waals surface area contributed by atoms with Crippen LogP contribution in [0.2, 0.25) is 0 Å². The van der Waals surface area contributed by atoms with Crippen LogP contribution >= 0.6 is 0 Å². The molecule has 0 fully saturated rings. The number of hydrogen-bond donors (Lipinski definition) is 2. The summed E-state index contributed by atoms with van der Waals surface area (Å²) in [6.45, 7) is 3.87. The van der Waals surface area contributed by atoms with Crippen LogP contribution in [0.25, 0.3) is 16.9 Å². The highest BCUT2D eigenvalue weighted by atomic mass is 19.1. The number of carboxylic acid groups (broad SMARTS) is 1. The standard InChI is InChI=1S/C24H23FN6O5/c1-24(2,34)11-29-6-5-17(28-29)14-7-19-22(31-12-26-27-21(14)31)30(23(32)33)8-15-16(25)3-4-18-20(15)13(9-35-18)10-36-19/h3-7,12-13,34H,8-11H2,1-2H3,(H,32,33)/t13-/m0/s1. The zero-order chi connectivity index (χ0) is 25.2. The molecule has 0 saturated heterocycles. The molecule has 2 aliphatic heterocycles. The van der Waals surface area contributed by atoms with Crippen molar-refractivity contribution in [1.29, 1.82) is 0 Å². The predicted octanol–water partition coefficient (Wildman–Crippen LogP) is 3.06. The van der Waals surface area contributed by atoms with Gasteiger partial charge in [-0.15, -0.1) is 10.2 Å². The van der Waals surface area contributed by atoms with Crippen LogP contribution in [-0.2, 0) is 13.1 Å². The number of aliphatic hydroxyl groups is 1. The van der Waals surface area contributed by atoms with Gasteiger partial charge in [-0.3, -0.25) is 14.0 Å². The van der Waals surface area contributed by atoms with Crippen molar-refractivity contribution in [3.63, 3.8) is 0 Å². The number of hydrogen-bond acceptors (Lipinski definition) is 7. The van der Waals surface area contributed by atoms with Crippen molar-refractivity contribution >= 4 is 17.6 Å². The average molecular weight is 494 g/mol. The number of benzene rings is 1. The highest BCUT2D eigenvalue weighted by molar-refractivity contribution is 5.90. The van der Waals surface area contributed by atoms with E-state index in [9.17, 15) is 19.4 Å². The van der Waals surface area contributed by atoms with E-state index in [-0.39, 0.29) is 42.7 Å². The lowest BCUT2D eigenvalue weighted by atomic mass is 9.95. The lowest BCUT2D eigenvalue weighted by Gasteiger charge is -2.23.